The van der Waals surface area contributed by atoms with Gasteiger partial charge in [0.25, 0.3) is 0 Å². The maximum atomic E-state index is 5.66. The molecule has 2 heterocycles. The van der Waals surface area contributed by atoms with Crippen molar-refractivity contribution in [1.82, 2.24) is 10.3 Å². The van der Waals surface area contributed by atoms with Gasteiger partial charge in [-0.05, 0) is 25.1 Å². The number of halogens is 1. The summed E-state index contributed by atoms with van der Waals surface area (Å²) in [5.74, 6) is 0. The minimum Gasteiger partial charge on any atom is -0.371 e. The lowest BCUT2D eigenvalue weighted by Gasteiger charge is -2.09. The largest absolute Gasteiger partial charge is 0.371 e. The second-order valence-electron chi connectivity index (χ2n) is 3.25. The maximum Gasteiger partial charge on any atom is 0.0892 e. The predicted octanol–water partition coefficient (Wildman–Crippen LogP) is 1.38. The first-order valence-electron chi connectivity index (χ1n) is 4.67. The SMILES string of the molecule is Cl.c1ccc(CO[C@H]2CCNC2)nc1. The number of nitrogens with one attached hydrogen (secondary N) is 1. The van der Waals surface area contributed by atoms with Crippen molar-refractivity contribution < 1.29 is 4.74 Å². The third-order valence-electron chi connectivity index (χ3n) is 2.21. The third kappa shape index (κ3) is 3.25. The monoisotopic (exact) mass is 214 g/mol. The molecule has 1 N–H and O–H groups in total. The number of nitrogens with zero attached hydrogens (tertiary/aromatic N) is 1. The molecule has 1 aromatic heterocycles. The molecule has 1 aromatic rings. The summed E-state index contributed by atoms with van der Waals surface area (Å²) in [7, 11) is 0. The fourth-order valence-corrected chi connectivity index (χ4v) is 1.46. The number of ether oxygens (including phenoxy) is 1. The van der Waals surface area contributed by atoms with E-state index in [2.05, 4.69) is 10.3 Å². The van der Waals surface area contributed by atoms with Gasteiger partial charge in [-0.1, -0.05) is 6.07 Å². The van der Waals surface area contributed by atoms with Gasteiger partial charge in [0, 0.05) is 12.7 Å². The van der Waals surface area contributed by atoms with Gasteiger partial charge in [0.1, 0.15) is 0 Å². The van der Waals surface area contributed by atoms with Gasteiger partial charge >= 0.3 is 0 Å². The summed E-state index contributed by atoms with van der Waals surface area (Å²) in [4.78, 5) is 4.19. The van der Waals surface area contributed by atoms with Crippen molar-refractivity contribution in [2.75, 3.05) is 13.1 Å². The van der Waals surface area contributed by atoms with Gasteiger partial charge in [0.05, 0.1) is 18.4 Å². The van der Waals surface area contributed by atoms with E-state index in [1.165, 1.54) is 0 Å². The molecule has 0 bridgehead atoms. The van der Waals surface area contributed by atoms with Crippen LogP contribution in [0.4, 0.5) is 0 Å². The molecule has 1 atom stereocenters. The van der Waals surface area contributed by atoms with Crippen LogP contribution >= 0.6 is 12.4 Å². The summed E-state index contributed by atoms with van der Waals surface area (Å²) in [5, 5.41) is 3.26. The number of hydrogen-bond donors (Lipinski definition) is 1. The Morgan fingerprint density at radius 1 is 1.50 bits per heavy atom. The van der Waals surface area contributed by atoms with Gasteiger partial charge in [0.2, 0.25) is 0 Å². The second-order valence-corrected chi connectivity index (χ2v) is 3.25. The van der Waals surface area contributed by atoms with E-state index in [9.17, 15) is 0 Å². The van der Waals surface area contributed by atoms with E-state index in [4.69, 9.17) is 4.74 Å². The first-order valence-corrected chi connectivity index (χ1v) is 4.67. The molecule has 1 fully saturated rings. The molecule has 0 amide bonds. The van der Waals surface area contributed by atoms with Gasteiger partial charge in [-0.2, -0.15) is 0 Å². The van der Waals surface area contributed by atoms with Gasteiger partial charge in [-0.25, -0.2) is 0 Å². The summed E-state index contributed by atoms with van der Waals surface area (Å²) >= 11 is 0. The third-order valence-corrected chi connectivity index (χ3v) is 2.21. The molecule has 4 heteroatoms. The normalized spacial score (nSPS) is 20.4. The Balaban J connectivity index is 0.000000980. The Labute approximate surface area is 90.3 Å². The van der Waals surface area contributed by atoms with E-state index >= 15 is 0 Å². The Kier molecular flexibility index (Phi) is 4.87. The van der Waals surface area contributed by atoms with E-state index in [-0.39, 0.29) is 12.4 Å². The van der Waals surface area contributed by atoms with Crippen LogP contribution in [0.2, 0.25) is 0 Å². The number of aromatic nitrogens is 1. The van der Waals surface area contributed by atoms with E-state index in [1.54, 1.807) is 6.20 Å². The predicted molar refractivity (Wildman–Crippen MR) is 57.5 cm³/mol. The number of rotatable bonds is 3. The zero-order valence-electron chi connectivity index (χ0n) is 7.98. The molecule has 78 valence electrons. The van der Waals surface area contributed by atoms with Crippen LogP contribution in [0.15, 0.2) is 24.4 Å². The Morgan fingerprint density at radius 3 is 3.07 bits per heavy atom. The van der Waals surface area contributed by atoms with Gasteiger partial charge < -0.3 is 10.1 Å². The fraction of sp³-hybridized carbons (Fsp3) is 0.500. The standard InChI is InChI=1S/C10H14N2O.ClH/c1-2-5-12-9(3-1)8-13-10-4-6-11-7-10;/h1-3,5,10-11H,4,6-8H2;1H/t10-;/m0./s1. The molecule has 0 aliphatic carbocycles. The average Bonchev–Trinajstić information content (AvgIpc) is 2.69. The molecule has 0 saturated carbocycles. The molecular formula is C10H15ClN2O. The van der Waals surface area contributed by atoms with E-state index in [1.807, 2.05) is 18.2 Å². The van der Waals surface area contributed by atoms with Crippen LogP contribution in [-0.4, -0.2) is 24.2 Å². The van der Waals surface area contributed by atoms with Crippen molar-refractivity contribution in [1.29, 1.82) is 0 Å². The summed E-state index contributed by atoms with van der Waals surface area (Å²) in [5.41, 5.74) is 1.01. The minimum atomic E-state index is 0. The van der Waals surface area contributed by atoms with Crippen LogP contribution < -0.4 is 5.32 Å². The van der Waals surface area contributed by atoms with Crippen molar-refractivity contribution in [3.63, 3.8) is 0 Å². The van der Waals surface area contributed by atoms with Crippen LogP contribution in [0.5, 0.6) is 0 Å². The van der Waals surface area contributed by atoms with E-state index < -0.39 is 0 Å². The molecule has 3 nitrogen and oxygen atoms in total. The Bertz CT molecular complexity index is 250. The van der Waals surface area contributed by atoms with Gasteiger partial charge in [-0.3, -0.25) is 4.98 Å². The van der Waals surface area contributed by atoms with Crippen molar-refractivity contribution in [2.24, 2.45) is 0 Å². The van der Waals surface area contributed by atoms with Crippen LogP contribution in [0, 0.1) is 0 Å². The summed E-state index contributed by atoms with van der Waals surface area (Å²) in [6.07, 6.45) is 3.29. The van der Waals surface area contributed by atoms with Crippen molar-refractivity contribution in [3.05, 3.63) is 30.1 Å². The molecule has 1 saturated heterocycles. The molecule has 1 aliphatic rings. The molecule has 0 unspecified atom stereocenters. The lowest BCUT2D eigenvalue weighted by atomic mass is 10.3. The quantitative estimate of drug-likeness (QED) is 0.826. The first kappa shape index (κ1) is 11.4. The zero-order chi connectivity index (χ0) is 8.93. The first-order chi connectivity index (χ1) is 6.45. The molecule has 0 radical (unpaired) electrons. The highest BCUT2D eigenvalue weighted by molar-refractivity contribution is 5.85. The molecule has 14 heavy (non-hydrogen) atoms. The highest BCUT2D eigenvalue weighted by Crippen LogP contribution is 2.06. The highest BCUT2D eigenvalue weighted by Gasteiger charge is 2.14. The molecule has 0 aromatic carbocycles. The van der Waals surface area contributed by atoms with E-state index in [0.29, 0.717) is 12.7 Å². The lowest BCUT2D eigenvalue weighted by Crippen LogP contribution is -2.16. The zero-order valence-corrected chi connectivity index (χ0v) is 8.80. The average molecular weight is 215 g/mol. The van der Waals surface area contributed by atoms with Gasteiger partial charge in [-0.15, -0.1) is 12.4 Å². The highest BCUT2D eigenvalue weighted by atomic mass is 35.5. The number of pyridine rings is 1. The molecule has 2 rings (SSSR count). The summed E-state index contributed by atoms with van der Waals surface area (Å²) in [6, 6.07) is 5.89. The second kappa shape index (κ2) is 5.96. The van der Waals surface area contributed by atoms with Gasteiger partial charge in [0.15, 0.2) is 0 Å². The minimum absolute atomic E-state index is 0. The van der Waals surface area contributed by atoms with Crippen molar-refractivity contribution in [2.45, 2.75) is 19.1 Å². The van der Waals surface area contributed by atoms with Crippen molar-refractivity contribution in [3.8, 4) is 0 Å². The fourth-order valence-electron chi connectivity index (χ4n) is 1.46. The Morgan fingerprint density at radius 2 is 2.43 bits per heavy atom. The molecular weight excluding hydrogens is 200 g/mol. The molecule has 1 aliphatic heterocycles. The topological polar surface area (TPSA) is 34.1 Å². The smallest absolute Gasteiger partial charge is 0.0892 e. The van der Waals surface area contributed by atoms with E-state index in [0.717, 1.165) is 25.2 Å². The van der Waals surface area contributed by atoms with Crippen molar-refractivity contribution >= 4 is 12.4 Å². The van der Waals surface area contributed by atoms with Crippen LogP contribution in [0.1, 0.15) is 12.1 Å². The maximum absolute atomic E-state index is 5.66. The van der Waals surface area contributed by atoms with Crippen LogP contribution in [0.3, 0.4) is 0 Å². The summed E-state index contributed by atoms with van der Waals surface area (Å²) in [6.45, 7) is 2.69. The Hall–Kier alpha value is -0.640. The molecule has 0 spiro atoms. The number of hydrogen-bond acceptors (Lipinski definition) is 3. The summed E-state index contributed by atoms with van der Waals surface area (Å²) < 4.78 is 5.66. The lowest BCUT2D eigenvalue weighted by molar-refractivity contribution is 0.0522. The van der Waals surface area contributed by atoms with Crippen LogP contribution in [-0.2, 0) is 11.3 Å². The van der Waals surface area contributed by atoms with Crippen LogP contribution in [0.25, 0.3) is 0 Å².